The van der Waals surface area contributed by atoms with E-state index in [9.17, 15) is 4.39 Å². The maximum Gasteiger partial charge on any atom is 0.209 e. The molecule has 1 N–H and O–H groups in total. The van der Waals surface area contributed by atoms with E-state index in [1.54, 1.807) is 6.07 Å². The van der Waals surface area contributed by atoms with Crippen molar-refractivity contribution in [2.75, 3.05) is 0 Å². The normalized spacial score (nSPS) is 17.0. The summed E-state index contributed by atoms with van der Waals surface area (Å²) in [6, 6.07) is 5.00. The summed E-state index contributed by atoms with van der Waals surface area (Å²) in [5.74, 6) is 0.360. The third-order valence-electron chi connectivity index (χ3n) is 3.29. The van der Waals surface area contributed by atoms with Crippen LogP contribution in [0, 0.1) is 5.82 Å². The SMILES string of the molecule is Fc1ccc2oc(CNC3CCCC3)nc2c1. The second-order valence-corrected chi connectivity index (χ2v) is 4.58. The van der Waals surface area contributed by atoms with Crippen LogP contribution in [0.1, 0.15) is 31.6 Å². The highest BCUT2D eigenvalue weighted by Gasteiger charge is 2.15. The minimum atomic E-state index is -0.277. The third kappa shape index (κ3) is 2.31. The number of oxazole rings is 1. The van der Waals surface area contributed by atoms with Crippen molar-refractivity contribution in [2.45, 2.75) is 38.3 Å². The average molecular weight is 234 g/mol. The van der Waals surface area contributed by atoms with Crippen molar-refractivity contribution in [2.24, 2.45) is 0 Å². The topological polar surface area (TPSA) is 38.1 Å². The molecule has 1 heterocycles. The summed E-state index contributed by atoms with van der Waals surface area (Å²) >= 11 is 0. The zero-order valence-electron chi connectivity index (χ0n) is 9.58. The van der Waals surface area contributed by atoms with Gasteiger partial charge in [0.1, 0.15) is 11.3 Å². The van der Waals surface area contributed by atoms with Crippen molar-refractivity contribution in [3.63, 3.8) is 0 Å². The Bertz CT molecular complexity index is 517. The number of nitrogens with one attached hydrogen (secondary N) is 1. The van der Waals surface area contributed by atoms with Gasteiger partial charge in [-0.05, 0) is 25.0 Å². The smallest absolute Gasteiger partial charge is 0.209 e. The lowest BCUT2D eigenvalue weighted by molar-refractivity contribution is 0.450. The maximum absolute atomic E-state index is 13.0. The molecule has 17 heavy (non-hydrogen) atoms. The van der Waals surface area contributed by atoms with Gasteiger partial charge in [-0.15, -0.1) is 0 Å². The molecule has 0 radical (unpaired) electrons. The first-order chi connectivity index (χ1) is 8.31. The molecule has 1 aromatic carbocycles. The van der Waals surface area contributed by atoms with Gasteiger partial charge in [0.05, 0.1) is 6.54 Å². The number of nitrogens with zero attached hydrogens (tertiary/aromatic N) is 1. The molecule has 0 saturated heterocycles. The number of aromatic nitrogens is 1. The van der Waals surface area contributed by atoms with Gasteiger partial charge in [0.2, 0.25) is 5.89 Å². The molecule has 1 fully saturated rings. The summed E-state index contributed by atoms with van der Waals surface area (Å²) in [6.07, 6.45) is 5.07. The van der Waals surface area contributed by atoms with E-state index in [4.69, 9.17) is 4.42 Å². The Labute approximate surface area is 99.0 Å². The molecule has 3 nitrogen and oxygen atoms in total. The van der Waals surface area contributed by atoms with Gasteiger partial charge in [-0.2, -0.15) is 0 Å². The molecular weight excluding hydrogens is 219 g/mol. The summed E-state index contributed by atoms with van der Waals surface area (Å²) in [7, 11) is 0. The molecule has 0 atom stereocenters. The molecule has 0 bridgehead atoms. The van der Waals surface area contributed by atoms with Crippen molar-refractivity contribution < 1.29 is 8.81 Å². The summed E-state index contributed by atoms with van der Waals surface area (Å²) in [5.41, 5.74) is 1.24. The van der Waals surface area contributed by atoms with E-state index in [0.29, 0.717) is 29.6 Å². The summed E-state index contributed by atoms with van der Waals surface area (Å²) in [5, 5.41) is 3.42. The molecule has 4 heteroatoms. The van der Waals surface area contributed by atoms with Crippen LogP contribution in [-0.2, 0) is 6.54 Å². The summed E-state index contributed by atoms with van der Waals surface area (Å²) in [6.45, 7) is 0.626. The predicted molar refractivity (Wildman–Crippen MR) is 63.1 cm³/mol. The van der Waals surface area contributed by atoms with E-state index in [2.05, 4.69) is 10.3 Å². The van der Waals surface area contributed by atoms with Gasteiger partial charge in [-0.3, -0.25) is 0 Å². The Morgan fingerprint density at radius 3 is 3.00 bits per heavy atom. The van der Waals surface area contributed by atoms with Crippen molar-refractivity contribution in [1.82, 2.24) is 10.3 Å². The Hall–Kier alpha value is -1.42. The first-order valence-electron chi connectivity index (χ1n) is 6.09. The third-order valence-corrected chi connectivity index (χ3v) is 3.29. The molecule has 1 aliphatic rings. The van der Waals surface area contributed by atoms with Crippen LogP contribution in [0.4, 0.5) is 4.39 Å². The average Bonchev–Trinajstić information content (AvgIpc) is 2.94. The highest BCUT2D eigenvalue weighted by Crippen LogP contribution is 2.19. The van der Waals surface area contributed by atoms with Gasteiger partial charge in [-0.1, -0.05) is 12.8 Å². The van der Waals surface area contributed by atoms with Gasteiger partial charge in [0.15, 0.2) is 5.58 Å². The number of benzene rings is 1. The van der Waals surface area contributed by atoms with Crippen molar-refractivity contribution in [1.29, 1.82) is 0 Å². The second kappa shape index (κ2) is 4.45. The lowest BCUT2D eigenvalue weighted by Gasteiger charge is -2.08. The van der Waals surface area contributed by atoms with E-state index >= 15 is 0 Å². The van der Waals surface area contributed by atoms with Crippen molar-refractivity contribution in [3.05, 3.63) is 29.9 Å². The fourth-order valence-electron chi connectivity index (χ4n) is 2.39. The molecule has 0 amide bonds. The number of halogens is 1. The van der Waals surface area contributed by atoms with Crippen LogP contribution in [0.5, 0.6) is 0 Å². The molecule has 90 valence electrons. The molecule has 0 unspecified atom stereocenters. The second-order valence-electron chi connectivity index (χ2n) is 4.58. The summed E-state index contributed by atoms with van der Waals surface area (Å²) in [4.78, 5) is 4.27. The lowest BCUT2D eigenvalue weighted by atomic mass is 10.2. The fraction of sp³-hybridized carbons (Fsp3) is 0.462. The molecule has 1 aliphatic carbocycles. The molecule has 0 aliphatic heterocycles. The number of hydrogen-bond acceptors (Lipinski definition) is 3. The Morgan fingerprint density at radius 2 is 2.18 bits per heavy atom. The first kappa shape index (κ1) is 10.7. The molecule has 0 spiro atoms. The van der Waals surface area contributed by atoms with Crippen LogP contribution in [0.3, 0.4) is 0 Å². The van der Waals surface area contributed by atoms with E-state index in [1.807, 2.05) is 0 Å². The minimum absolute atomic E-state index is 0.277. The van der Waals surface area contributed by atoms with E-state index < -0.39 is 0 Å². The van der Waals surface area contributed by atoms with Gasteiger partial charge >= 0.3 is 0 Å². The van der Waals surface area contributed by atoms with Crippen molar-refractivity contribution >= 4 is 11.1 Å². The van der Waals surface area contributed by atoms with Crippen LogP contribution < -0.4 is 5.32 Å². The fourth-order valence-corrected chi connectivity index (χ4v) is 2.39. The highest BCUT2D eigenvalue weighted by atomic mass is 19.1. The van der Waals surface area contributed by atoms with Gasteiger partial charge in [0, 0.05) is 12.1 Å². The van der Waals surface area contributed by atoms with Crippen LogP contribution in [0.2, 0.25) is 0 Å². The van der Waals surface area contributed by atoms with E-state index in [0.717, 1.165) is 0 Å². The molecule has 2 aromatic rings. The van der Waals surface area contributed by atoms with Gasteiger partial charge in [-0.25, -0.2) is 9.37 Å². The van der Waals surface area contributed by atoms with Crippen molar-refractivity contribution in [3.8, 4) is 0 Å². The molecule has 3 rings (SSSR count). The zero-order valence-corrected chi connectivity index (χ0v) is 9.58. The van der Waals surface area contributed by atoms with Crippen LogP contribution >= 0.6 is 0 Å². The quantitative estimate of drug-likeness (QED) is 0.887. The Morgan fingerprint density at radius 1 is 1.35 bits per heavy atom. The minimum Gasteiger partial charge on any atom is -0.439 e. The number of fused-ring (bicyclic) bond motifs is 1. The number of rotatable bonds is 3. The molecular formula is C13H15FN2O. The zero-order chi connectivity index (χ0) is 11.7. The molecule has 1 aromatic heterocycles. The highest BCUT2D eigenvalue weighted by molar-refractivity contribution is 5.72. The largest absolute Gasteiger partial charge is 0.439 e. The van der Waals surface area contributed by atoms with Crippen LogP contribution in [0.25, 0.3) is 11.1 Å². The van der Waals surface area contributed by atoms with Crippen LogP contribution in [0.15, 0.2) is 22.6 Å². The van der Waals surface area contributed by atoms with E-state index in [-0.39, 0.29) is 5.82 Å². The predicted octanol–water partition coefficient (Wildman–Crippen LogP) is 3.00. The Kier molecular flexibility index (Phi) is 2.81. The summed E-state index contributed by atoms with van der Waals surface area (Å²) < 4.78 is 18.5. The first-order valence-corrected chi connectivity index (χ1v) is 6.09. The monoisotopic (exact) mass is 234 g/mol. The van der Waals surface area contributed by atoms with Crippen LogP contribution in [-0.4, -0.2) is 11.0 Å². The number of hydrogen-bond donors (Lipinski definition) is 1. The standard InChI is InChI=1S/C13H15FN2O/c14-9-5-6-12-11(7-9)16-13(17-12)8-15-10-3-1-2-4-10/h5-7,10,15H,1-4,8H2. The van der Waals surface area contributed by atoms with Gasteiger partial charge < -0.3 is 9.73 Å². The lowest BCUT2D eigenvalue weighted by Crippen LogP contribution is -2.25. The van der Waals surface area contributed by atoms with E-state index in [1.165, 1.54) is 37.8 Å². The Balaban J connectivity index is 1.72. The maximum atomic E-state index is 13.0. The van der Waals surface area contributed by atoms with Gasteiger partial charge in [0.25, 0.3) is 0 Å². The molecule has 1 saturated carbocycles.